The van der Waals surface area contributed by atoms with Crippen molar-refractivity contribution in [2.75, 3.05) is 23.9 Å². The van der Waals surface area contributed by atoms with Gasteiger partial charge in [0.25, 0.3) is 0 Å². The van der Waals surface area contributed by atoms with Crippen LogP contribution in [0.1, 0.15) is 12.8 Å². The Morgan fingerprint density at radius 3 is 1.91 bits per heavy atom. The second kappa shape index (κ2) is 11.3. The molecule has 0 saturated heterocycles. The highest BCUT2D eigenvalue weighted by Crippen LogP contribution is 2.41. The van der Waals surface area contributed by atoms with Crippen molar-refractivity contribution in [1.29, 1.82) is 0 Å². The van der Waals surface area contributed by atoms with Crippen molar-refractivity contribution in [1.82, 2.24) is 0 Å². The molecule has 0 spiro atoms. The zero-order chi connectivity index (χ0) is 16.3. The maximum atomic E-state index is 6.07. The van der Waals surface area contributed by atoms with Gasteiger partial charge in [0.15, 0.2) is 0 Å². The number of hydrogen-bond donors (Lipinski definition) is 0. The Hall–Kier alpha value is -0.250. The van der Waals surface area contributed by atoms with Gasteiger partial charge in [0.2, 0.25) is 8.38 Å². The fraction of sp³-hybridized carbons (Fsp3) is 0.333. The minimum absolute atomic E-state index is 0.703. The minimum atomic E-state index is -1.07. The topological polar surface area (TPSA) is 18.5 Å². The van der Waals surface area contributed by atoms with Crippen molar-refractivity contribution < 1.29 is 9.05 Å². The third-order valence-electron chi connectivity index (χ3n) is 3.16. The Morgan fingerprint density at radius 1 is 0.739 bits per heavy atom. The van der Waals surface area contributed by atoms with Gasteiger partial charge in [0, 0.05) is 16.0 Å². The average Bonchev–Trinajstić information content (AvgIpc) is 2.61. The predicted octanol–water partition coefficient (Wildman–Crippen LogP) is 5.89. The maximum absolute atomic E-state index is 6.07. The number of rotatable bonds is 10. The van der Waals surface area contributed by atoms with Crippen LogP contribution in [0.2, 0.25) is 0 Å². The van der Waals surface area contributed by atoms with Crippen molar-refractivity contribution in [2.24, 2.45) is 0 Å². The van der Waals surface area contributed by atoms with E-state index in [0.29, 0.717) is 13.2 Å². The Bertz CT molecular complexity index is 556. The van der Waals surface area contributed by atoms with Crippen molar-refractivity contribution in [3.8, 4) is 11.1 Å². The lowest BCUT2D eigenvalue weighted by molar-refractivity contribution is 0.258. The quantitative estimate of drug-likeness (QED) is 0.250. The molecule has 2 aromatic carbocycles. The number of halogens is 2. The monoisotopic (exact) mass is 458 g/mol. The molecule has 0 aliphatic carbocycles. The van der Waals surface area contributed by atoms with Crippen molar-refractivity contribution in [3.63, 3.8) is 0 Å². The number of hydrogen-bond acceptors (Lipinski definition) is 2. The van der Waals surface area contributed by atoms with Gasteiger partial charge in [0.05, 0.1) is 13.2 Å². The lowest BCUT2D eigenvalue weighted by Gasteiger charge is -2.20. The largest absolute Gasteiger partial charge is 0.331 e. The summed E-state index contributed by atoms with van der Waals surface area (Å²) in [5, 5.41) is 3.04. The van der Waals surface area contributed by atoms with Gasteiger partial charge in [-0.15, -0.1) is 0 Å². The third kappa shape index (κ3) is 6.28. The van der Waals surface area contributed by atoms with Crippen LogP contribution in [0.5, 0.6) is 0 Å². The first-order valence-corrected chi connectivity index (χ1v) is 11.1. The Kier molecular flexibility index (Phi) is 9.40. The molecule has 0 aliphatic heterocycles. The third-order valence-corrected chi connectivity index (χ3v) is 5.90. The average molecular weight is 460 g/mol. The molecule has 0 saturated carbocycles. The van der Waals surface area contributed by atoms with Gasteiger partial charge in [-0.05, 0) is 30.0 Å². The van der Waals surface area contributed by atoms with E-state index in [0.717, 1.165) is 28.8 Å². The lowest BCUT2D eigenvalue weighted by Crippen LogP contribution is -2.11. The summed E-state index contributed by atoms with van der Waals surface area (Å²) in [5.74, 6) is 0. The van der Waals surface area contributed by atoms with Crippen LogP contribution in [0.25, 0.3) is 11.1 Å². The molecular weight excluding hydrogens is 439 g/mol. The second-order valence-electron chi connectivity index (χ2n) is 4.89. The molecule has 2 aromatic rings. The van der Waals surface area contributed by atoms with Crippen LogP contribution in [-0.2, 0) is 9.05 Å². The SMILES string of the molecule is BrCCCOP(OCCCBr)c1ccccc1-c1ccccc1. The van der Waals surface area contributed by atoms with Gasteiger partial charge in [0.1, 0.15) is 0 Å². The molecule has 0 aliphatic rings. The van der Waals surface area contributed by atoms with Gasteiger partial charge >= 0.3 is 0 Å². The first-order valence-electron chi connectivity index (χ1n) is 7.69. The molecule has 0 aromatic heterocycles. The van der Waals surface area contributed by atoms with Crippen LogP contribution >= 0.6 is 40.2 Å². The van der Waals surface area contributed by atoms with Gasteiger partial charge in [-0.1, -0.05) is 80.4 Å². The zero-order valence-electron chi connectivity index (χ0n) is 13.0. The summed E-state index contributed by atoms with van der Waals surface area (Å²) in [5.41, 5.74) is 2.39. The number of benzene rings is 2. The van der Waals surface area contributed by atoms with E-state index in [1.807, 2.05) is 6.07 Å². The summed E-state index contributed by atoms with van der Waals surface area (Å²) in [4.78, 5) is 0. The normalized spacial score (nSPS) is 11.1. The standard InChI is InChI=1S/C18H21Br2O2P/c19-12-6-14-21-23(22-15-7-13-20)18-11-5-4-10-17(18)16-8-2-1-3-9-16/h1-5,8-11H,6-7,12-15H2. The Balaban J connectivity index is 2.22. The summed E-state index contributed by atoms with van der Waals surface area (Å²) >= 11 is 6.90. The summed E-state index contributed by atoms with van der Waals surface area (Å²) in [6.45, 7) is 1.41. The molecular formula is C18H21Br2O2P. The van der Waals surface area contributed by atoms with E-state index >= 15 is 0 Å². The summed E-state index contributed by atoms with van der Waals surface area (Å²) in [6.07, 6.45) is 1.96. The molecule has 5 heteroatoms. The van der Waals surface area contributed by atoms with E-state index in [1.165, 1.54) is 11.1 Å². The Morgan fingerprint density at radius 2 is 1.30 bits per heavy atom. The molecule has 0 heterocycles. The fourth-order valence-electron chi connectivity index (χ4n) is 2.08. The minimum Gasteiger partial charge on any atom is -0.331 e. The molecule has 0 bridgehead atoms. The fourth-order valence-corrected chi connectivity index (χ4v) is 4.08. The van der Waals surface area contributed by atoms with Crippen molar-refractivity contribution in [3.05, 3.63) is 54.6 Å². The summed E-state index contributed by atoms with van der Waals surface area (Å²) in [6, 6.07) is 18.8. The van der Waals surface area contributed by atoms with Gasteiger partial charge in [-0.2, -0.15) is 0 Å². The molecule has 23 heavy (non-hydrogen) atoms. The smallest absolute Gasteiger partial charge is 0.205 e. The molecule has 124 valence electrons. The van der Waals surface area contributed by atoms with E-state index in [4.69, 9.17) is 9.05 Å². The molecule has 0 fully saturated rings. The van der Waals surface area contributed by atoms with E-state index in [2.05, 4.69) is 80.4 Å². The van der Waals surface area contributed by atoms with Gasteiger partial charge in [-0.3, -0.25) is 0 Å². The van der Waals surface area contributed by atoms with Gasteiger partial charge in [-0.25, -0.2) is 0 Å². The second-order valence-corrected chi connectivity index (χ2v) is 7.99. The molecule has 2 rings (SSSR count). The molecule has 0 radical (unpaired) electrons. The molecule has 2 nitrogen and oxygen atoms in total. The molecule has 0 unspecified atom stereocenters. The van der Waals surface area contributed by atoms with Crippen LogP contribution in [-0.4, -0.2) is 23.9 Å². The van der Waals surface area contributed by atoms with Crippen LogP contribution in [0.3, 0.4) is 0 Å². The first kappa shape index (κ1) is 19.1. The van der Waals surface area contributed by atoms with Crippen LogP contribution in [0, 0.1) is 0 Å². The highest BCUT2D eigenvalue weighted by Gasteiger charge is 2.18. The molecule has 0 atom stereocenters. The maximum Gasteiger partial charge on any atom is 0.205 e. The lowest BCUT2D eigenvalue weighted by atomic mass is 10.1. The van der Waals surface area contributed by atoms with E-state index in [1.54, 1.807) is 0 Å². The Labute approximate surface area is 156 Å². The van der Waals surface area contributed by atoms with E-state index < -0.39 is 8.38 Å². The predicted molar refractivity (Wildman–Crippen MR) is 107 cm³/mol. The highest BCUT2D eigenvalue weighted by molar-refractivity contribution is 9.09. The molecule has 0 N–H and O–H groups in total. The van der Waals surface area contributed by atoms with Crippen LogP contribution in [0.15, 0.2) is 54.6 Å². The number of alkyl halides is 2. The molecule has 0 amide bonds. The van der Waals surface area contributed by atoms with Crippen molar-refractivity contribution in [2.45, 2.75) is 12.8 Å². The summed E-state index contributed by atoms with van der Waals surface area (Å²) < 4.78 is 12.1. The zero-order valence-corrected chi connectivity index (χ0v) is 17.0. The van der Waals surface area contributed by atoms with Crippen LogP contribution in [0.4, 0.5) is 0 Å². The first-order chi connectivity index (χ1) is 11.4. The van der Waals surface area contributed by atoms with Gasteiger partial charge < -0.3 is 9.05 Å². The van der Waals surface area contributed by atoms with E-state index in [9.17, 15) is 0 Å². The summed E-state index contributed by atoms with van der Waals surface area (Å²) in [7, 11) is -1.07. The van der Waals surface area contributed by atoms with Crippen LogP contribution < -0.4 is 5.30 Å². The van der Waals surface area contributed by atoms with Crippen molar-refractivity contribution >= 4 is 45.5 Å². The highest BCUT2D eigenvalue weighted by atomic mass is 79.9. The van der Waals surface area contributed by atoms with E-state index in [-0.39, 0.29) is 0 Å².